The number of halogens is 2. The first-order valence-electron chi connectivity index (χ1n) is 10.2. The second-order valence-corrected chi connectivity index (χ2v) is 9.08. The highest BCUT2D eigenvalue weighted by Crippen LogP contribution is 2.69. The third-order valence-electron chi connectivity index (χ3n) is 6.13. The second kappa shape index (κ2) is 7.70. The van der Waals surface area contributed by atoms with Gasteiger partial charge in [0, 0.05) is 36.6 Å². The molecular weight excluding hydrogens is 435 g/mol. The summed E-state index contributed by atoms with van der Waals surface area (Å²) in [7, 11) is 0. The number of nitrogens with zero attached hydrogens (tertiary/aromatic N) is 3. The first kappa shape index (κ1) is 20.6. The van der Waals surface area contributed by atoms with E-state index in [-0.39, 0.29) is 40.0 Å². The maximum Gasteiger partial charge on any atom is 0.255 e. The number of aromatic nitrogens is 3. The van der Waals surface area contributed by atoms with Crippen LogP contribution in [0.15, 0.2) is 55.0 Å². The molecule has 1 N–H and O–H groups in total. The highest BCUT2D eigenvalue weighted by molar-refractivity contribution is 6.30. The monoisotopic (exact) mass is 454 g/mol. The quantitative estimate of drug-likeness (QED) is 0.560. The van der Waals surface area contributed by atoms with Crippen LogP contribution in [0.4, 0.5) is 4.39 Å². The maximum atomic E-state index is 13.5. The van der Waals surface area contributed by atoms with Gasteiger partial charge < -0.3 is 10.1 Å². The van der Waals surface area contributed by atoms with Gasteiger partial charge in [-0.2, -0.15) is 5.10 Å². The van der Waals surface area contributed by atoms with Gasteiger partial charge in [0.1, 0.15) is 18.2 Å². The Balaban J connectivity index is 1.14. The predicted molar refractivity (Wildman–Crippen MR) is 114 cm³/mol. The SMILES string of the molecule is O=C(COc1ccc(Cl)c(F)c1)CC12CC(NC(=O)c3cccnc3-n3cccn3)(C1)C2. The molecule has 3 saturated carbocycles. The molecule has 164 valence electrons. The van der Waals surface area contributed by atoms with Crippen LogP contribution in [0.2, 0.25) is 5.02 Å². The summed E-state index contributed by atoms with van der Waals surface area (Å²) >= 11 is 5.65. The van der Waals surface area contributed by atoms with Crippen LogP contribution in [0.3, 0.4) is 0 Å². The Morgan fingerprint density at radius 1 is 1.19 bits per heavy atom. The molecule has 2 bridgehead atoms. The lowest BCUT2D eigenvalue weighted by molar-refractivity contribution is -0.162. The number of benzene rings is 1. The van der Waals surface area contributed by atoms with E-state index >= 15 is 0 Å². The largest absolute Gasteiger partial charge is 0.486 e. The number of hydrogen-bond acceptors (Lipinski definition) is 5. The lowest BCUT2D eigenvalue weighted by Crippen LogP contribution is -2.75. The Labute approximate surface area is 188 Å². The lowest BCUT2D eigenvalue weighted by atomic mass is 9.38. The summed E-state index contributed by atoms with van der Waals surface area (Å²) < 4.78 is 20.4. The van der Waals surface area contributed by atoms with Crippen LogP contribution in [0.25, 0.3) is 5.82 Å². The Morgan fingerprint density at radius 3 is 2.72 bits per heavy atom. The number of ether oxygens (including phenoxy) is 1. The van der Waals surface area contributed by atoms with E-state index in [4.69, 9.17) is 16.3 Å². The van der Waals surface area contributed by atoms with E-state index in [1.807, 2.05) is 0 Å². The third kappa shape index (κ3) is 3.75. The highest BCUT2D eigenvalue weighted by atomic mass is 35.5. The molecule has 6 rings (SSSR count). The normalized spacial score (nSPS) is 23.1. The number of hydrogen-bond donors (Lipinski definition) is 1. The molecular formula is C23H20ClFN4O3. The minimum Gasteiger partial charge on any atom is -0.486 e. The number of ketones is 1. The molecule has 0 atom stereocenters. The summed E-state index contributed by atoms with van der Waals surface area (Å²) in [6, 6.07) is 9.30. The van der Waals surface area contributed by atoms with Crippen LogP contribution in [0.1, 0.15) is 36.0 Å². The predicted octanol–water partition coefficient (Wildman–Crippen LogP) is 3.75. The zero-order chi connectivity index (χ0) is 22.3. The van der Waals surface area contributed by atoms with E-state index in [0.29, 0.717) is 17.8 Å². The molecule has 1 amide bonds. The molecule has 9 heteroatoms. The molecule has 1 aromatic carbocycles. The standard InChI is InChI=1S/C23H20ClFN4O3/c24-18-5-4-16(9-19(18)25)32-11-15(30)10-22-12-23(13-22,14-22)28-21(31)17-3-1-6-26-20(17)29-8-2-7-27-29/h1-9H,10-14H2,(H,28,31). The Bertz CT molecular complexity index is 1180. The molecule has 0 unspecified atom stereocenters. The van der Waals surface area contributed by atoms with Crippen molar-refractivity contribution in [2.24, 2.45) is 5.41 Å². The van der Waals surface area contributed by atoms with Gasteiger partial charge in [0.2, 0.25) is 0 Å². The summed E-state index contributed by atoms with van der Waals surface area (Å²) in [6.07, 6.45) is 7.63. The fourth-order valence-electron chi connectivity index (χ4n) is 4.98. The number of pyridine rings is 1. The fraction of sp³-hybridized carbons (Fsp3) is 0.304. The van der Waals surface area contributed by atoms with Crippen molar-refractivity contribution >= 4 is 23.3 Å². The molecule has 3 fully saturated rings. The van der Waals surface area contributed by atoms with Crippen molar-refractivity contribution in [2.75, 3.05) is 6.61 Å². The van der Waals surface area contributed by atoms with Crippen LogP contribution in [0.5, 0.6) is 5.75 Å². The van der Waals surface area contributed by atoms with Gasteiger partial charge >= 0.3 is 0 Å². The number of Topliss-reactive ketones (excluding diaryl/α,β-unsaturated/α-hetero) is 1. The van der Waals surface area contributed by atoms with Crippen LogP contribution in [-0.4, -0.2) is 38.6 Å². The summed E-state index contributed by atoms with van der Waals surface area (Å²) in [5.41, 5.74) is 0.0997. The van der Waals surface area contributed by atoms with E-state index in [9.17, 15) is 14.0 Å². The molecule has 0 aliphatic heterocycles. The van der Waals surface area contributed by atoms with E-state index in [1.54, 1.807) is 41.5 Å². The minimum atomic E-state index is -0.585. The summed E-state index contributed by atoms with van der Waals surface area (Å²) in [5, 5.41) is 7.29. The van der Waals surface area contributed by atoms with E-state index in [0.717, 1.165) is 25.3 Å². The van der Waals surface area contributed by atoms with Gasteiger partial charge in [-0.15, -0.1) is 0 Å². The molecule has 3 aliphatic rings. The Hall–Kier alpha value is -3.26. The maximum absolute atomic E-state index is 13.5. The van der Waals surface area contributed by atoms with Crippen LogP contribution in [-0.2, 0) is 4.79 Å². The van der Waals surface area contributed by atoms with Gasteiger partial charge in [-0.25, -0.2) is 14.1 Å². The van der Waals surface area contributed by atoms with Crippen molar-refractivity contribution in [3.8, 4) is 11.6 Å². The Morgan fingerprint density at radius 2 is 2.00 bits per heavy atom. The molecule has 3 aromatic rings. The van der Waals surface area contributed by atoms with Crippen molar-refractivity contribution in [1.82, 2.24) is 20.1 Å². The molecule has 3 aliphatic carbocycles. The van der Waals surface area contributed by atoms with Crippen molar-refractivity contribution in [2.45, 2.75) is 31.2 Å². The first-order valence-corrected chi connectivity index (χ1v) is 10.6. The van der Waals surface area contributed by atoms with Gasteiger partial charge in [0.05, 0.1) is 10.6 Å². The number of carbonyl (C=O) groups excluding carboxylic acids is 2. The lowest BCUT2D eigenvalue weighted by Gasteiger charge is -2.70. The second-order valence-electron chi connectivity index (χ2n) is 8.67. The van der Waals surface area contributed by atoms with E-state index < -0.39 is 5.82 Å². The van der Waals surface area contributed by atoms with E-state index in [1.165, 1.54) is 12.1 Å². The van der Waals surface area contributed by atoms with Gasteiger partial charge in [0.15, 0.2) is 11.6 Å². The number of rotatable bonds is 8. The number of carbonyl (C=O) groups is 2. The van der Waals surface area contributed by atoms with Crippen molar-refractivity contribution in [3.63, 3.8) is 0 Å². The number of nitrogens with one attached hydrogen (secondary N) is 1. The topological polar surface area (TPSA) is 86.1 Å². The summed E-state index contributed by atoms with van der Waals surface area (Å²) in [6.45, 7) is -0.120. The highest BCUT2D eigenvalue weighted by Gasteiger charge is 2.68. The molecule has 0 spiro atoms. The smallest absolute Gasteiger partial charge is 0.255 e. The van der Waals surface area contributed by atoms with Crippen LogP contribution in [0, 0.1) is 11.2 Å². The molecule has 0 radical (unpaired) electrons. The van der Waals surface area contributed by atoms with Gasteiger partial charge in [-0.1, -0.05) is 11.6 Å². The van der Waals surface area contributed by atoms with Gasteiger partial charge in [-0.3, -0.25) is 9.59 Å². The Kier molecular flexibility index (Phi) is 4.97. The average Bonchev–Trinajstić information content (AvgIpc) is 3.27. The first-order chi connectivity index (χ1) is 15.4. The van der Waals surface area contributed by atoms with Crippen molar-refractivity contribution in [1.29, 1.82) is 0 Å². The zero-order valence-corrected chi connectivity index (χ0v) is 17.8. The summed E-state index contributed by atoms with van der Waals surface area (Å²) in [5.74, 6) is -0.0871. The number of amides is 1. The van der Waals surface area contributed by atoms with Crippen LogP contribution < -0.4 is 10.1 Å². The van der Waals surface area contributed by atoms with E-state index in [2.05, 4.69) is 15.4 Å². The van der Waals surface area contributed by atoms with Gasteiger partial charge in [0.25, 0.3) is 5.91 Å². The molecule has 2 heterocycles. The van der Waals surface area contributed by atoms with Crippen molar-refractivity contribution in [3.05, 3.63) is 71.4 Å². The molecule has 0 saturated heterocycles. The summed E-state index contributed by atoms with van der Waals surface area (Å²) in [4.78, 5) is 29.6. The fourth-order valence-corrected chi connectivity index (χ4v) is 5.09. The molecule has 7 nitrogen and oxygen atoms in total. The zero-order valence-electron chi connectivity index (χ0n) is 17.1. The van der Waals surface area contributed by atoms with Crippen LogP contribution >= 0.6 is 11.6 Å². The third-order valence-corrected chi connectivity index (χ3v) is 6.44. The van der Waals surface area contributed by atoms with Crippen molar-refractivity contribution < 1.29 is 18.7 Å². The average molecular weight is 455 g/mol. The molecule has 2 aromatic heterocycles. The molecule has 32 heavy (non-hydrogen) atoms. The minimum absolute atomic E-state index is 0.00733. The van der Waals surface area contributed by atoms with Gasteiger partial charge in [-0.05, 0) is 55.0 Å².